The minimum atomic E-state index is -0.569. The average molecular weight is 306 g/mol. The van der Waals surface area contributed by atoms with Crippen LogP contribution in [-0.4, -0.2) is 46.6 Å². The zero-order valence-corrected chi connectivity index (χ0v) is 13.7. The molecule has 0 aliphatic carbocycles. The van der Waals surface area contributed by atoms with E-state index in [0.29, 0.717) is 12.1 Å². The molecule has 0 spiro atoms. The van der Waals surface area contributed by atoms with Gasteiger partial charge in [-0.2, -0.15) is 0 Å². The molecule has 0 aromatic heterocycles. The molecule has 0 aliphatic rings. The van der Waals surface area contributed by atoms with Gasteiger partial charge in [-0.25, -0.2) is 0 Å². The molecule has 2 amide bonds. The van der Waals surface area contributed by atoms with E-state index >= 15 is 0 Å². The first-order chi connectivity index (χ1) is 10.3. The summed E-state index contributed by atoms with van der Waals surface area (Å²) in [4.78, 5) is 26.0. The Hall–Kier alpha value is -1.88. The van der Waals surface area contributed by atoms with E-state index in [4.69, 9.17) is 0 Å². The predicted octanol–water partition coefficient (Wildman–Crippen LogP) is 1.81. The van der Waals surface area contributed by atoms with Crippen LogP contribution in [0.1, 0.15) is 44.5 Å². The number of aliphatic hydroxyl groups excluding tert-OH is 1. The molecule has 2 unspecified atom stereocenters. The second kappa shape index (κ2) is 8.54. The molecule has 5 heteroatoms. The van der Waals surface area contributed by atoms with Crippen LogP contribution in [0.3, 0.4) is 0 Å². The van der Waals surface area contributed by atoms with E-state index in [1.165, 1.54) is 0 Å². The number of nitrogens with one attached hydrogen (secondary N) is 1. The summed E-state index contributed by atoms with van der Waals surface area (Å²) in [5.74, 6) is -0.260. The van der Waals surface area contributed by atoms with Crippen LogP contribution in [0.2, 0.25) is 0 Å². The van der Waals surface area contributed by atoms with E-state index in [0.717, 1.165) is 0 Å². The van der Waals surface area contributed by atoms with E-state index in [1.54, 1.807) is 43.0 Å². The van der Waals surface area contributed by atoms with Crippen LogP contribution in [0.4, 0.5) is 0 Å². The first kappa shape index (κ1) is 18.2. The van der Waals surface area contributed by atoms with Crippen molar-refractivity contribution < 1.29 is 14.7 Å². The van der Waals surface area contributed by atoms with E-state index < -0.39 is 6.10 Å². The average Bonchev–Trinajstić information content (AvgIpc) is 2.44. The molecular formula is C17H26N2O3. The van der Waals surface area contributed by atoms with Crippen LogP contribution in [0.5, 0.6) is 0 Å². The summed E-state index contributed by atoms with van der Waals surface area (Å²) in [6, 6.07) is 8.66. The van der Waals surface area contributed by atoms with Gasteiger partial charge in [0.2, 0.25) is 5.91 Å². The topological polar surface area (TPSA) is 69.6 Å². The number of hydrogen-bond donors (Lipinski definition) is 2. The maximum absolute atomic E-state index is 12.3. The highest BCUT2D eigenvalue weighted by Gasteiger charge is 2.21. The fourth-order valence-electron chi connectivity index (χ4n) is 2.21. The molecule has 5 nitrogen and oxygen atoms in total. The SMILES string of the molecule is CC(O)CN(C(=O)CC(C)NC(=O)c1ccccc1)C(C)C. The summed E-state index contributed by atoms with van der Waals surface area (Å²) < 4.78 is 0. The first-order valence-electron chi connectivity index (χ1n) is 7.64. The van der Waals surface area contributed by atoms with Gasteiger partial charge in [-0.05, 0) is 39.8 Å². The molecule has 2 atom stereocenters. The summed E-state index contributed by atoms with van der Waals surface area (Å²) in [5, 5.41) is 12.3. The molecule has 0 bridgehead atoms. The number of benzene rings is 1. The van der Waals surface area contributed by atoms with E-state index in [-0.39, 0.29) is 30.3 Å². The lowest BCUT2D eigenvalue weighted by Crippen LogP contribution is -2.44. The number of carbonyl (C=O) groups is 2. The molecular weight excluding hydrogens is 280 g/mol. The summed E-state index contributed by atoms with van der Waals surface area (Å²) in [5.41, 5.74) is 0.575. The van der Waals surface area contributed by atoms with E-state index in [9.17, 15) is 14.7 Å². The molecule has 1 rings (SSSR count). The lowest BCUT2D eigenvalue weighted by molar-refractivity contribution is -0.134. The van der Waals surface area contributed by atoms with Gasteiger partial charge in [-0.1, -0.05) is 18.2 Å². The van der Waals surface area contributed by atoms with E-state index in [1.807, 2.05) is 19.9 Å². The summed E-state index contributed by atoms with van der Waals surface area (Å²) >= 11 is 0. The third-order valence-electron chi connectivity index (χ3n) is 3.30. The van der Waals surface area contributed by atoms with Gasteiger partial charge in [0.05, 0.1) is 6.10 Å². The zero-order chi connectivity index (χ0) is 16.7. The molecule has 0 fully saturated rings. The second-order valence-electron chi connectivity index (χ2n) is 5.93. The smallest absolute Gasteiger partial charge is 0.251 e. The summed E-state index contributed by atoms with van der Waals surface area (Å²) in [7, 11) is 0. The number of carbonyl (C=O) groups excluding carboxylic acids is 2. The van der Waals surface area contributed by atoms with Crippen LogP contribution in [-0.2, 0) is 4.79 Å². The van der Waals surface area contributed by atoms with Crippen LogP contribution >= 0.6 is 0 Å². The summed E-state index contributed by atoms with van der Waals surface area (Å²) in [6.45, 7) is 7.58. The first-order valence-corrected chi connectivity index (χ1v) is 7.64. The standard InChI is InChI=1S/C17H26N2O3/c1-12(2)19(11-14(4)20)16(21)10-13(3)18-17(22)15-8-6-5-7-9-15/h5-9,12-14,20H,10-11H2,1-4H3,(H,18,22). The van der Waals surface area contributed by atoms with Crippen molar-refractivity contribution in [2.45, 2.75) is 52.3 Å². The molecule has 122 valence electrons. The largest absolute Gasteiger partial charge is 0.392 e. The van der Waals surface area contributed by atoms with Crippen molar-refractivity contribution in [3.63, 3.8) is 0 Å². The molecule has 0 saturated carbocycles. The van der Waals surface area contributed by atoms with Crippen molar-refractivity contribution in [1.82, 2.24) is 10.2 Å². The maximum Gasteiger partial charge on any atom is 0.251 e. The Morgan fingerprint density at radius 1 is 1.14 bits per heavy atom. The van der Waals surface area contributed by atoms with Crippen LogP contribution in [0.15, 0.2) is 30.3 Å². The molecule has 22 heavy (non-hydrogen) atoms. The molecule has 0 saturated heterocycles. The quantitative estimate of drug-likeness (QED) is 0.807. The zero-order valence-electron chi connectivity index (χ0n) is 13.7. The van der Waals surface area contributed by atoms with Gasteiger partial charge in [-0.15, -0.1) is 0 Å². The third kappa shape index (κ3) is 5.85. The Kier molecular flexibility index (Phi) is 7.05. The van der Waals surface area contributed by atoms with Crippen molar-refractivity contribution in [2.75, 3.05) is 6.54 Å². The normalized spacial score (nSPS) is 13.5. The Bertz CT molecular complexity index is 486. The third-order valence-corrected chi connectivity index (χ3v) is 3.30. The van der Waals surface area contributed by atoms with Crippen molar-refractivity contribution in [2.24, 2.45) is 0 Å². The molecule has 0 radical (unpaired) electrons. The van der Waals surface area contributed by atoms with E-state index in [2.05, 4.69) is 5.32 Å². The number of amides is 2. The van der Waals surface area contributed by atoms with Gasteiger partial charge in [0.15, 0.2) is 0 Å². The minimum Gasteiger partial charge on any atom is -0.392 e. The Morgan fingerprint density at radius 2 is 1.73 bits per heavy atom. The highest BCUT2D eigenvalue weighted by molar-refractivity contribution is 5.94. The van der Waals surface area contributed by atoms with Crippen molar-refractivity contribution in [3.8, 4) is 0 Å². The van der Waals surface area contributed by atoms with Gasteiger partial charge in [0.25, 0.3) is 5.91 Å². The molecule has 0 aliphatic heterocycles. The van der Waals surface area contributed by atoms with Crippen LogP contribution in [0.25, 0.3) is 0 Å². The number of aliphatic hydroxyl groups is 1. The van der Waals surface area contributed by atoms with Gasteiger partial charge in [-0.3, -0.25) is 9.59 Å². The predicted molar refractivity (Wildman–Crippen MR) is 86.5 cm³/mol. The molecule has 2 N–H and O–H groups in total. The Balaban J connectivity index is 2.57. The van der Waals surface area contributed by atoms with Crippen molar-refractivity contribution in [3.05, 3.63) is 35.9 Å². The van der Waals surface area contributed by atoms with Gasteiger partial charge in [0, 0.05) is 30.6 Å². The van der Waals surface area contributed by atoms with Crippen LogP contribution < -0.4 is 5.32 Å². The monoisotopic (exact) mass is 306 g/mol. The van der Waals surface area contributed by atoms with Gasteiger partial charge >= 0.3 is 0 Å². The highest BCUT2D eigenvalue weighted by Crippen LogP contribution is 2.07. The summed E-state index contributed by atoms with van der Waals surface area (Å²) in [6.07, 6.45) is -0.357. The van der Waals surface area contributed by atoms with Crippen molar-refractivity contribution in [1.29, 1.82) is 0 Å². The van der Waals surface area contributed by atoms with Crippen molar-refractivity contribution >= 4 is 11.8 Å². The maximum atomic E-state index is 12.3. The lowest BCUT2D eigenvalue weighted by atomic mass is 10.1. The lowest BCUT2D eigenvalue weighted by Gasteiger charge is -2.29. The molecule has 1 aromatic rings. The number of nitrogens with zero attached hydrogens (tertiary/aromatic N) is 1. The van der Waals surface area contributed by atoms with Crippen LogP contribution in [0, 0.1) is 0 Å². The Labute approximate surface area is 132 Å². The second-order valence-corrected chi connectivity index (χ2v) is 5.93. The highest BCUT2D eigenvalue weighted by atomic mass is 16.3. The number of hydrogen-bond acceptors (Lipinski definition) is 3. The minimum absolute atomic E-state index is 0.0131. The fraction of sp³-hybridized carbons (Fsp3) is 0.529. The Morgan fingerprint density at radius 3 is 2.23 bits per heavy atom. The fourth-order valence-corrected chi connectivity index (χ4v) is 2.21. The van der Waals surface area contributed by atoms with Gasteiger partial charge < -0.3 is 15.3 Å². The molecule has 0 heterocycles. The molecule has 1 aromatic carbocycles. The number of rotatable bonds is 7. The van der Waals surface area contributed by atoms with Gasteiger partial charge in [0.1, 0.15) is 0 Å².